The minimum atomic E-state index is -2.41. The summed E-state index contributed by atoms with van der Waals surface area (Å²) in [6.45, 7) is 25.4. The maximum Gasteiger partial charge on any atom is 0.355 e. The fourth-order valence-electron chi connectivity index (χ4n) is 11.0. The lowest BCUT2D eigenvalue weighted by Gasteiger charge is -2.36. The minimum Gasteiger partial charge on any atom is -0.508 e. The van der Waals surface area contributed by atoms with Crippen LogP contribution in [0.25, 0.3) is 22.3 Å². The molecule has 0 bridgehead atoms. The molecule has 6 amide bonds. The van der Waals surface area contributed by atoms with E-state index in [1.807, 2.05) is 83.1 Å². The molecule has 2 unspecified atom stereocenters. The number of carbonyl (C=O) groups is 9. The van der Waals surface area contributed by atoms with Gasteiger partial charge in [-0.2, -0.15) is 0 Å². The first-order valence-corrected chi connectivity index (χ1v) is 30.8. The molecule has 27 nitrogen and oxygen atoms in total. The summed E-state index contributed by atoms with van der Waals surface area (Å²) in [5.41, 5.74) is -2.59. The number of carbonyl (C=O) groups excluding carboxylic acids is 9. The number of Topliss-reactive ketones (excluding diaryl/α,β-unsaturated/α-hetero) is 1. The third-order valence-corrected chi connectivity index (χ3v) is 16.0. The first-order valence-electron chi connectivity index (χ1n) is 30.8. The zero-order chi connectivity index (χ0) is 68.5. The Morgan fingerprint density at radius 1 is 0.725 bits per heavy atom. The normalized spacial score (nSPS) is 16.9. The number of cyclic esters (lactones) is 1. The number of ketones is 1. The third-order valence-electron chi connectivity index (χ3n) is 16.0. The number of aromatic nitrogens is 2. The lowest BCUT2D eigenvalue weighted by atomic mass is 9.73. The summed E-state index contributed by atoms with van der Waals surface area (Å²) in [5.74, 6) is -7.46. The van der Waals surface area contributed by atoms with Crippen molar-refractivity contribution < 1.29 is 82.9 Å². The SMILES string of the molecule is CCc1c2c(nc3ccc(O)cc13)-c1cc3c(c(=O)n1C2)COC(=O)[C@@]3(CC)OC(=O)CNC(=O)CC(NC(=O)CCC(C)(C)OCCC(C)(C)C(=O)C(C)(C)C)C(=O)NCCNC(=O)[C@H](O)[C@@H](O)[C@@H](O)[C@H](O)C(=O)NCCNC(=O)C(NC(C)(C)C)C(C)(C)C. The van der Waals surface area contributed by atoms with E-state index in [2.05, 4.69) is 37.2 Å². The molecule has 2 aromatic heterocycles. The topological polar surface area (TPSA) is 402 Å². The number of pyridine rings is 2. The fourth-order valence-corrected chi connectivity index (χ4v) is 11.0. The molecule has 2 aliphatic rings. The smallest absolute Gasteiger partial charge is 0.355 e. The Kier molecular flexibility index (Phi) is 24.4. The fraction of sp³-hybridized carbons (Fsp3) is 0.641. The number of rotatable bonds is 30. The Morgan fingerprint density at radius 2 is 1.30 bits per heavy atom. The Hall–Kier alpha value is -7.43. The number of phenols is 1. The molecule has 0 saturated heterocycles. The zero-order valence-corrected chi connectivity index (χ0v) is 55.1. The van der Waals surface area contributed by atoms with Crippen molar-refractivity contribution in [2.45, 2.75) is 209 Å². The summed E-state index contributed by atoms with van der Waals surface area (Å²) in [5, 5.41) is 71.1. The summed E-state index contributed by atoms with van der Waals surface area (Å²) in [4.78, 5) is 139. The monoisotopic (exact) mass is 1280 g/mol. The number of ether oxygens (including phenoxy) is 3. The third kappa shape index (κ3) is 18.9. The number of hydrogen-bond donors (Lipinski definition) is 12. The Balaban J connectivity index is 1.22. The first-order chi connectivity index (χ1) is 42.1. The van der Waals surface area contributed by atoms with Crippen molar-refractivity contribution in [2.75, 3.05) is 39.3 Å². The quantitative estimate of drug-likeness (QED) is 0.0258. The highest BCUT2D eigenvalue weighted by Crippen LogP contribution is 2.43. The maximum absolute atomic E-state index is 14.3. The van der Waals surface area contributed by atoms with Crippen LogP contribution in [0.15, 0.2) is 29.1 Å². The van der Waals surface area contributed by atoms with E-state index in [4.69, 9.17) is 19.2 Å². The highest BCUT2D eigenvalue weighted by molar-refractivity contribution is 5.94. The van der Waals surface area contributed by atoms with E-state index < -0.39 is 149 Å². The number of benzene rings is 1. The molecule has 0 fully saturated rings. The molecule has 91 heavy (non-hydrogen) atoms. The van der Waals surface area contributed by atoms with Crippen molar-refractivity contribution in [3.63, 3.8) is 0 Å². The number of phenolic OH excluding ortho intramolecular Hbond substituents is 1. The van der Waals surface area contributed by atoms with Gasteiger partial charge in [0.25, 0.3) is 17.4 Å². The van der Waals surface area contributed by atoms with Gasteiger partial charge in [-0.1, -0.05) is 69.2 Å². The van der Waals surface area contributed by atoms with Crippen LogP contribution >= 0.6 is 0 Å². The molecular weight excluding hydrogens is 1180 g/mol. The highest BCUT2D eigenvalue weighted by Gasteiger charge is 2.51. The van der Waals surface area contributed by atoms with Crippen LogP contribution in [-0.2, 0) is 82.5 Å². The van der Waals surface area contributed by atoms with Gasteiger partial charge in [0.15, 0.2) is 12.2 Å². The summed E-state index contributed by atoms with van der Waals surface area (Å²) >= 11 is 0. The standard InChI is InChI=1S/C64H95N9O18/c1-16-35-36-28-34(74)18-19-40(36)71-46-37(35)32-73-42(46)29-39-38(56(73)86)33-89-58(88)64(39,17-2)91-45(77)31-69-44(76)30-41(70-43(75)20-21-63(14,15)90-27-22-62(12,13)57(87)60(6,7)8)52(82)65-23-24-66-53(83)49(80)47(78)48(79)50(81)54(84)67-25-26-68-55(85)51(59(3,4)5)72-61(9,10)11/h18-19,28-29,41,47-51,72,74,78-81H,16-17,20-27,30-33H2,1-15H3,(H,65,82)(H,66,83)(H,67,84)(H,68,85)(H,69,76)(H,70,75)/t41?,47-,48+,49+,50-,51?,64-/m0/s1. The average Bonchev–Trinajstić information content (AvgIpc) is 1.65. The second-order valence-corrected chi connectivity index (χ2v) is 27.7. The molecular formula is C64H95N9O18. The molecule has 3 aromatic rings. The molecule has 0 radical (unpaired) electrons. The van der Waals surface area contributed by atoms with Gasteiger partial charge in [0.05, 0.1) is 47.1 Å². The summed E-state index contributed by atoms with van der Waals surface area (Å²) < 4.78 is 19.0. The van der Waals surface area contributed by atoms with Gasteiger partial charge in [-0.3, -0.25) is 43.2 Å². The van der Waals surface area contributed by atoms with Gasteiger partial charge in [-0.05, 0) is 95.5 Å². The molecule has 4 heterocycles. The summed E-state index contributed by atoms with van der Waals surface area (Å²) in [6.07, 6.45) is -9.68. The van der Waals surface area contributed by atoms with Crippen LogP contribution in [0.3, 0.4) is 0 Å². The first kappa shape index (κ1) is 74.3. The molecule has 0 saturated carbocycles. The van der Waals surface area contributed by atoms with E-state index in [-0.39, 0.29) is 74.1 Å². The summed E-state index contributed by atoms with van der Waals surface area (Å²) in [7, 11) is 0. The van der Waals surface area contributed by atoms with Crippen LogP contribution in [0.4, 0.5) is 0 Å². The maximum atomic E-state index is 14.3. The Bertz CT molecular complexity index is 3290. The van der Waals surface area contributed by atoms with Crippen molar-refractivity contribution in [2.24, 2.45) is 16.2 Å². The lowest BCUT2D eigenvalue weighted by molar-refractivity contribution is -0.189. The molecule has 7 atom stereocenters. The van der Waals surface area contributed by atoms with Gasteiger partial charge in [-0.25, -0.2) is 9.78 Å². The number of aromatic hydroxyl groups is 1. The van der Waals surface area contributed by atoms with Crippen LogP contribution in [0.5, 0.6) is 5.75 Å². The van der Waals surface area contributed by atoms with Crippen molar-refractivity contribution in [1.29, 1.82) is 0 Å². The molecule has 2 aliphatic heterocycles. The average molecular weight is 1280 g/mol. The number of nitrogens with one attached hydrogen (secondary N) is 7. The van der Waals surface area contributed by atoms with Gasteiger partial charge in [-0.15, -0.1) is 0 Å². The number of amides is 6. The predicted octanol–water partition coefficient (Wildman–Crippen LogP) is 1.21. The summed E-state index contributed by atoms with van der Waals surface area (Å²) in [6, 6.07) is 4.10. The number of aliphatic hydroxyl groups is 4. The zero-order valence-electron chi connectivity index (χ0n) is 55.1. The second kappa shape index (κ2) is 29.9. The van der Waals surface area contributed by atoms with Gasteiger partial charge in [0.2, 0.25) is 29.2 Å². The van der Waals surface area contributed by atoms with Crippen molar-refractivity contribution >= 4 is 64.1 Å². The van der Waals surface area contributed by atoms with Gasteiger partial charge < -0.3 is 81.5 Å². The molecule has 1 aromatic carbocycles. The molecule has 27 heteroatoms. The van der Waals surface area contributed by atoms with E-state index in [0.717, 1.165) is 11.1 Å². The van der Waals surface area contributed by atoms with Crippen LogP contribution in [0.2, 0.25) is 0 Å². The van der Waals surface area contributed by atoms with E-state index in [1.165, 1.54) is 10.6 Å². The highest BCUT2D eigenvalue weighted by atomic mass is 16.6. The minimum absolute atomic E-state index is 0.0443. The number of hydrogen-bond acceptors (Lipinski definition) is 20. The van der Waals surface area contributed by atoms with Gasteiger partial charge in [0.1, 0.15) is 42.9 Å². The number of esters is 2. The van der Waals surface area contributed by atoms with Crippen molar-refractivity contribution in [1.82, 2.24) is 46.8 Å². The predicted molar refractivity (Wildman–Crippen MR) is 333 cm³/mol. The van der Waals surface area contributed by atoms with Gasteiger partial charge in [0, 0.05) is 72.1 Å². The molecule has 504 valence electrons. The van der Waals surface area contributed by atoms with Crippen molar-refractivity contribution in [3.8, 4) is 17.1 Å². The largest absolute Gasteiger partial charge is 0.508 e. The van der Waals surface area contributed by atoms with E-state index in [0.29, 0.717) is 35.1 Å². The number of aliphatic hydroxyl groups excluding tert-OH is 4. The van der Waals surface area contributed by atoms with E-state index in [9.17, 15) is 73.5 Å². The van der Waals surface area contributed by atoms with Crippen molar-refractivity contribution in [3.05, 3.63) is 56.9 Å². The number of fused-ring (bicyclic) bond motifs is 5. The Labute approximate surface area is 530 Å². The van der Waals surface area contributed by atoms with Crippen LogP contribution in [-0.4, -0.2) is 175 Å². The van der Waals surface area contributed by atoms with E-state index >= 15 is 0 Å². The number of aryl methyl sites for hydroxylation is 1. The van der Waals surface area contributed by atoms with E-state index in [1.54, 1.807) is 39.0 Å². The van der Waals surface area contributed by atoms with Crippen LogP contribution < -0.4 is 42.8 Å². The van der Waals surface area contributed by atoms with Gasteiger partial charge >= 0.3 is 11.9 Å². The lowest BCUT2D eigenvalue weighted by Crippen LogP contribution is -2.58. The van der Waals surface area contributed by atoms with Crippen LogP contribution in [0.1, 0.15) is 158 Å². The molecule has 0 aliphatic carbocycles. The Morgan fingerprint density at radius 3 is 1.84 bits per heavy atom. The molecule has 0 spiro atoms. The molecule has 12 N–H and O–H groups in total. The second-order valence-electron chi connectivity index (χ2n) is 27.7. The number of nitrogens with zero attached hydrogens (tertiary/aromatic N) is 2. The molecule has 5 rings (SSSR count). The van der Waals surface area contributed by atoms with Crippen LogP contribution in [0, 0.1) is 16.2 Å².